The fourth-order valence-electron chi connectivity index (χ4n) is 3.72. The van der Waals surface area contributed by atoms with Crippen LogP contribution in [-0.2, 0) is 4.79 Å². The molecule has 3 atom stereocenters. The van der Waals surface area contributed by atoms with Crippen LogP contribution in [0.1, 0.15) is 66.7 Å². The Kier molecular flexibility index (Phi) is 5.18. The molecule has 1 saturated heterocycles. The van der Waals surface area contributed by atoms with Gasteiger partial charge in [0.1, 0.15) is 5.78 Å². The molecular weight excluding hydrogens is 210 g/mol. The number of carbonyl (C=O) groups is 1. The lowest BCUT2D eigenvalue weighted by molar-refractivity contribution is -0.141. The van der Waals surface area contributed by atoms with E-state index < -0.39 is 0 Å². The number of piperidine rings is 1. The van der Waals surface area contributed by atoms with Crippen LogP contribution in [0.4, 0.5) is 0 Å². The molecule has 0 saturated carbocycles. The molecule has 100 valence electrons. The Morgan fingerprint density at radius 1 is 1.12 bits per heavy atom. The molecule has 1 heterocycles. The van der Waals surface area contributed by atoms with Crippen molar-refractivity contribution in [3.63, 3.8) is 0 Å². The molecule has 1 aliphatic heterocycles. The predicted octanol–water partition coefficient (Wildman–Crippen LogP) is 3.55. The van der Waals surface area contributed by atoms with Crippen molar-refractivity contribution in [1.29, 1.82) is 0 Å². The van der Waals surface area contributed by atoms with Gasteiger partial charge in [-0.25, -0.2) is 0 Å². The van der Waals surface area contributed by atoms with Gasteiger partial charge in [-0.1, -0.05) is 33.6 Å². The molecule has 0 aromatic rings. The van der Waals surface area contributed by atoms with Gasteiger partial charge in [0, 0.05) is 23.4 Å². The summed E-state index contributed by atoms with van der Waals surface area (Å²) in [6.45, 7) is 10.9. The van der Waals surface area contributed by atoms with Crippen molar-refractivity contribution in [3.8, 4) is 0 Å². The van der Waals surface area contributed by atoms with Crippen molar-refractivity contribution in [2.45, 2.75) is 78.8 Å². The summed E-state index contributed by atoms with van der Waals surface area (Å²) < 4.78 is 0. The van der Waals surface area contributed by atoms with Crippen LogP contribution in [0.25, 0.3) is 0 Å². The monoisotopic (exact) mass is 239 g/mol. The van der Waals surface area contributed by atoms with Crippen LogP contribution in [0, 0.1) is 11.3 Å². The van der Waals surface area contributed by atoms with E-state index in [1.165, 1.54) is 0 Å². The zero-order chi connectivity index (χ0) is 13.1. The average Bonchev–Trinajstić information content (AvgIpc) is 2.27. The fraction of sp³-hybridized carbons (Fsp3) is 0.933. The van der Waals surface area contributed by atoms with Crippen LogP contribution in [-0.4, -0.2) is 17.9 Å². The molecule has 0 radical (unpaired) electrons. The van der Waals surface area contributed by atoms with Crippen molar-refractivity contribution in [3.05, 3.63) is 0 Å². The van der Waals surface area contributed by atoms with E-state index in [9.17, 15) is 4.79 Å². The van der Waals surface area contributed by atoms with E-state index in [1.807, 2.05) is 0 Å². The number of nitrogens with one attached hydrogen (secondary N) is 1. The van der Waals surface area contributed by atoms with E-state index in [0.29, 0.717) is 17.9 Å². The largest absolute Gasteiger partial charge is 0.310 e. The Morgan fingerprint density at radius 2 is 1.65 bits per heavy atom. The first-order chi connectivity index (χ1) is 8.03. The van der Waals surface area contributed by atoms with Gasteiger partial charge in [0.25, 0.3) is 0 Å². The van der Waals surface area contributed by atoms with Gasteiger partial charge < -0.3 is 5.32 Å². The summed E-state index contributed by atoms with van der Waals surface area (Å²) in [4.78, 5) is 12.8. The van der Waals surface area contributed by atoms with Crippen molar-refractivity contribution in [2.75, 3.05) is 0 Å². The molecule has 1 aliphatic rings. The van der Waals surface area contributed by atoms with Crippen molar-refractivity contribution in [2.24, 2.45) is 11.3 Å². The molecule has 1 rings (SSSR count). The Labute approximate surface area is 107 Å². The topological polar surface area (TPSA) is 29.1 Å². The highest BCUT2D eigenvalue weighted by Crippen LogP contribution is 2.41. The van der Waals surface area contributed by atoms with Gasteiger partial charge in [0.05, 0.1) is 0 Å². The van der Waals surface area contributed by atoms with Crippen LogP contribution in [0.5, 0.6) is 0 Å². The molecule has 1 fully saturated rings. The van der Waals surface area contributed by atoms with Gasteiger partial charge >= 0.3 is 0 Å². The minimum atomic E-state index is -0.101. The third kappa shape index (κ3) is 2.57. The van der Waals surface area contributed by atoms with Crippen molar-refractivity contribution >= 4 is 5.78 Å². The second kappa shape index (κ2) is 5.99. The van der Waals surface area contributed by atoms with E-state index in [0.717, 1.165) is 32.1 Å². The Bertz CT molecular complexity index is 256. The molecule has 0 spiro atoms. The molecule has 17 heavy (non-hydrogen) atoms. The SMILES string of the molecule is CCCC1(CCC)C(=O)C(CC)C(C)NC1C. The van der Waals surface area contributed by atoms with Gasteiger partial charge in [0.2, 0.25) is 0 Å². The normalized spacial score (nSPS) is 32.8. The molecule has 0 aromatic heterocycles. The van der Waals surface area contributed by atoms with E-state index in [2.05, 4.69) is 39.9 Å². The first-order valence-corrected chi connectivity index (χ1v) is 7.33. The smallest absolute Gasteiger partial charge is 0.145 e. The maximum Gasteiger partial charge on any atom is 0.145 e. The Balaban J connectivity index is 3.02. The molecule has 0 amide bonds. The van der Waals surface area contributed by atoms with Crippen LogP contribution in [0.2, 0.25) is 0 Å². The van der Waals surface area contributed by atoms with E-state index in [4.69, 9.17) is 0 Å². The number of hydrogen-bond acceptors (Lipinski definition) is 2. The van der Waals surface area contributed by atoms with Gasteiger partial charge in [-0.05, 0) is 33.1 Å². The minimum absolute atomic E-state index is 0.101. The first kappa shape index (κ1) is 14.7. The molecule has 0 aromatic carbocycles. The highest BCUT2D eigenvalue weighted by Gasteiger charge is 2.49. The summed E-state index contributed by atoms with van der Waals surface area (Å²) in [5, 5.41) is 3.65. The van der Waals surface area contributed by atoms with Crippen LogP contribution < -0.4 is 5.32 Å². The average molecular weight is 239 g/mol. The van der Waals surface area contributed by atoms with Crippen molar-refractivity contribution < 1.29 is 4.79 Å². The summed E-state index contributed by atoms with van der Waals surface area (Å²) in [5.41, 5.74) is -0.101. The van der Waals surface area contributed by atoms with Crippen LogP contribution >= 0.6 is 0 Å². The summed E-state index contributed by atoms with van der Waals surface area (Å²) >= 11 is 0. The maximum absolute atomic E-state index is 12.8. The highest BCUT2D eigenvalue weighted by atomic mass is 16.1. The first-order valence-electron chi connectivity index (χ1n) is 7.33. The number of ketones is 1. The number of rotatable bonds is 5. The third-order valence-corrected chi connectivity index (χ3v) is 4.60. The second-order valence-electron chi connectivity index (χ2n) is 5.71. The van der Waals surface area contributed by atoms with Gasteiger partial charge in [-0.15, -0.1) is 0 Å². The fourth-order valence-corrected chi connectivity index (χ4v) is 3.72. The quantitative estimate of drug-likeness (QED) is 0.795. The van der Waals surface area contributed by atoms with Gasteiger partial charge in [0.15, 0.2) is 0 Å². The molecule has 0 bridgehead atoms. The van der Waals surface area contributed by atoms with Crippen LogP contribution in [0.15, 0.2) is 0 Å². The predicted molar refractivity (Wildman–Crippen MR) is 73.1 cm³/mol. The summed E-state index contributed by atoms with van der Waals surface area (Å²) in [5.74, 6) is 0.742. The van der Waals surface area contributed by atoms with Crippen LogP contribution in [0.3, 0.4) is 0 Å². The summed E-state index contributed by atoms with van der Waals surface area (Å²) in [7, 11) is 0. The zero-order valence-electron chi connectivity index (χ0n) is 12.2. The number of hydrogen-bond donors (Lipinski definition) is 1. The third-order valence-electron chi connectivity index (χ3n) is 4.60. The number of Topliss-reactive ketones (excluding diaryl/α,β-unsaturated/α-hetero) is 1. The summed E-state index contributed by atoms with van der Waals surface area (Å²) in [6, 6.07) is 0.664. The van der Waals surface area contributed by atoms with E-state index in [1.54, 1.807) is 0 Å². The lowest BCUT2D eigenvalue weighted by Gasteiger charge is -2.48. The summed E-state index contributed by atoms with van der Waals surface area (Å²) in [6.07, 6.45) is 5.24. The van der Waals surface area contributed by atoms with E-state index in [-0.39, 0.29) is 11.3 Å². The standard InChI is InChI=1S/C15H29NO/c1-6-9-15(10-7-2)12(5)16-11(4)13(8-3)14(15)17/h11-13,16H,6-10H2,1-5H3. The molecule has 3 unspecified atom stereocenters. The molecular formula is C15H29NO. The van der Waals surface area contributed by atoms with Crippen molar-refractivity contribution in [1.82, 2.24) is 5.32 Å². The highest BCUT2D eigenvalue weighted by molar-refractivity contribution is 5.89. The lowest BCUT2D eigenvalue weighted by atomic mass is 9.63. The lowest BCUT2D eigenvalue weighted by Crippen LogP contribution is -2.61. The Hall–Kier alpha value is -0.370. The maximum atomic E-state index is 12.8. The molecule has 1 N–H and O–H groups in total. The zero-order valence-corrected chi connectivity index (χ0v) is 12.2. The molecule has 2 heteroatoms. The second-order valence-corrected chi connectivity index (χ2v) is 5.71. The molecule has 2 nitrogen and oxygen atoms in total. The molecule has 0 aliphatic carbocycles. The Morgan fingerprint density at radius 3 is 2.06 bits per heavy atom. The minimum Gasteiger partial charge on any atom is -0.310 e. The van der Waals surface area contributed by atoms with E-state index >= 15 is 0 Å². The van der Waals surface area contributed by atoms with Gasteiger partial charge in [-0.2, -0.15) is 0 Å². The number of carbonyl (C=O) groups excluding carboxylic acids is 1. The van der Waals surface area contributed by atoms with Gasteiger partial charge in [-0.3, -0.25) is 4.79 Å².